The summed E-state index contributed by atoms with van der Waals surface area (Å²) in [6, 6.07) is 7.96. The van der Waals surface area contributed by atoms with Crippen molar-refractivity contribution in [2.24, 2.45) is 0 Å². The van der Waals surface area contributed by atoms with E-state index in [1.807, 2.05) is 31.3 Å². The highest BCUT2D eigenvalue weighted by Crippen LogP contribution is 2.19. The number of hydrogen-bond donors (Lipinski definition) is 3. The van der Waals surface area contributed by atoms with Gasteiger partial charge >= 0.3 is 0 Å². The molecule has 1 aromatic carbocycles. The van der Waals surface area contributed by atoms with Gasteiger partial charge in [0.25, 0.3) is 0 Å². The average Bonchev–Trinajstić information content (AvgIpc) is 2.81. The molecule has 4 heteroatoms. The van der Waals surface area contributed by atoms with Crippen molar-refractivity contribution in [3.63, 3.8) is 0 Å². The van der Waals surface area contributed by atoms with E-state index >= 15 is 0 Å². The number of aromatic amines is 1. The second-order valence-corrected chi connectivity index (χ2v) is 4.33. The van der Waals surface area contributed by atoms with Crippen molar-refractivity contribution in [3.05, 3.63) is 36.0 Å². The van der Waals surface area contributed by atoms with E-state index in [0.717, 1.165) is 5.52 Å². The van der Waals surface area contributed by atoms with Crippen LogP contribution >= 0.6 is 0 Å². The molecule has 0 amide bonds. The number of fused-ring (bicyclic) bond motifs is 1. The van der Waals surface area contributed by atoms with E-state index in [-0.39, 0.29) is 11.8 Å². The van der Waals surface area contributed by atoms with Gasteiger partial charge in [0, 0.05) is 23.5 Å². The molecule has 0 bridgehead atoms. The molecular formula is C14H19N3O. The number of ketones is 1. The lowest BCUT2D eigenvalue weighted by Gasteiger charge is -2.15. The molecule has 1 unspecified atom stereocenters. The fourth-order valence-corrected chi connectivity index (χ4v) is 2.19. The van der Waals surface area contributed by atoms with E-state index in [2.05, 4.69) is 21.9 Å². The quantitative estimate of drug-likeness (QED) is 0.680. The summed E-state index contributed by atoms with van der Waals surface area (Å²) in [6.07, 6.45) is 3.22. The zero-order valence-electron chi connectivity index (χ0n) is 10.8. The number of Topliss-reactive ketones (excluding diaryl/α,β-unsaturated/α-hetero) is 1. The van der Waals surface area contributed by atoms with E-state index in [1.165, 1.54) is 10.9 Å². The van der Waals surface area contributed by atoms with Gasteiger partial charge in [-0.05, 0) is 25.1 Å². The summed E-state index contributed by atoms with van der Waals surface area (Å²) in [6.45, 7) is 1.89. The molecule has 0 aliphatic carbocycles. The second kappa shape index (κ2) is 5.80. The summed E-state index contributed by atoms with van der Waals surface area (Å²) < 4.78 is 0. The van der Waals surface area contributed by atoms with E-state index in [1.54, 1.807) is 7.05 Å². The molecule has 0 spiro atoms. The maximum atomic E-state index is 11.9. The third-order valence-electron chi connectivity index (χ3n) is 3.15. The molecule has 2 rings (SSSR count). The normalized spacial score (nSPS) is 12.8. The molecule has 4 nitrogen and oxygen atoms in total. The van der Waals surface area contributed by atoms with Gasteiger partial charge in [0.2, 0.25) is 0 Å². The first-order valence-corrected chi connectivity index (χ1v) is 6.26. The van der Waals surface area contributed by atoms with Gasteiger partial charge in [-0.25, -0.2) is 5.43 Å². The average molecular weight is 245 g/mol. The number of aromatic nitrogens is 1. The molecule has 3 N–H and O–H groups in total. The molecule has 18 heavy (non-hydrogen) atoms. The Morgan fingerprint density at radius 3 is 2.89 bits per heavy atom. The van der Waals surface area contributed by atoms with E-state index in [9.17, 15) is 4.79 Å². The molecule has 0 aliphatic rings. The predicted molar refractivity (Wildman–Crippen MR) is 73.3 cm³/mol. The lowest BCUT2D eigenvalue weighted by molar-refractivity contribution is -0.121. The summed E-state index contributed by atoms with van der Waals surface area (Å²) in [4.78, 5) is 15.1. The van der Waals surface area contributed by atoms with Crippen LogP contribution in [0.1, 0.15) is 18.9 Å². The number of H-pyrrole nitrogens is 1. The monoisotopic (exact) mass is 245 g/mol. The van der Waals surface area contributed by atoms with Crippen LogP contribution < -0.4 is 10.9 Å². The Morgan fingerprint density at radius 1 is 1.39 bits per heavy atom. The highest BCUT2D eigenvalue weighted by molar-refractivity contribution is 5.87. The molecule has 0 aliphatic heterocycles. The number of carbonyl (C=O) groups excluding carboxylic acids is 1. The van der Waals surface area contributed by atoms with Crippen LogP contribution in [0, 0.1) is 0 Å². The van der Waals surface area contributed by atoms with Crippen molar-refractivity contribution in [1.29, 1.82) is 0 Å². The first-order valence-electron chi connectivity index (χ1n) is 6.26. The fourth-order valence-electron chi connectivity index (χ4n) is 2.19. The number of hydrazine groups is 1. The Labute approximate surface area is 107 Å². The van der Waals surface area contributed by atoms with Crippen molar-refractivity contribution in [2.45, 2.75) is 25.8 Å². The molecule has 1 aromatic heterocycles. The maximum absolute atomic E-state index is 11.9. The van der Waals surface area contributed by atoms with Gasteiger partial charge < -0.3 is 4.98 Å². The molecule has 1 atom stereocenters. The van der Waals surface area contributed by atoms with Crippen LogP contribution in [-0.4, -0.2) is 23.9 Å². The molecule has 2 aromatic rings. The van der Waals surface area contributed by atoms with Crippen LogP contribution in [-0.2, 0) is 11.2 Å². The third-order valence-corrected chi connectivity index (χ3v) is 3.15. The number of benzene rings is 1. The number of carbonyl (C=O) groups is 1. The molecule has 0 saturated carbocycles. The summed E-state index contributed by atoms with van der Waals surface area (Å²) in [5, 5.41) is 1.18. The first kappa shape index (κ1) is 12.8. The standard InChI is InChI=1S/C14H19N3O/c1-3-14(18)13(17-15-2)8-10-9-16-12-7-5-4-6-11(10)12/h4-7,9,13,15-17H,3,8H2,1-2H3. The lowest BCUT2D eigenvalue weighted by Crippen LogP contribution is -2.44. The minimum Gasteiger partial charge on any atom is -0.361 e. The zero-order chi connectivity index (χ0) is 13.0. The summed E-state index contributed by atoms with van der Waals surface area (Å²) in [7, 11) is 1.78. The minimum atomic E-state index is -0.181. The Kier molecular flexibility index (Phi) is 4.12. The largest absolute Gasteiger partial charge is 0.361 e. The topological polar surface area (TPSA) is 56.9 Å². The van der Waals surface area contributed by atoms with Crippen LogP contribution in [0.25, 0.3) is 10.9 Å². The van der Waals surface area contributed by atoms with E-state index in [0.29, 0.717) is 12.8 Å². The predicted octanol–water partition coefficient (Wildman–Crippen LogP) is 1.78. The van der Waals surface area contributed by atoms with Crippen LogP contribution in [0.4, 0.5) is 0 Å². The fraction of sp³-hybridized carbons (Fsp3) is 0.357. The SMILES string of the molecule is CCC(=O)C(Cc1c[nH]c2ccccc12)NNC. The van der Waals surface area contributed by atoms with Crippen molar-refractivity contribution in [3.8, 4) is 0 Å². The molecule has 96 valence electrons. The van der Waals surface area contributed by atoms with Crippen LogP contribution in [0.3, 0.4) is 0 Å². The first-order chi connectivity index (χ1) is 8.76. The third kappa shape index (κ3) is 2.60. The van der Waals surface area contributed by atoms with Gasteiger partial charge in [-0.15, -0.1) is 0 Å². The number of rotatable bonds is 6. The number of hydrogen-bond acceptors (Lipinski definition) is 3. The molecule has 0 fully saturated rings. The highest BCUT2D eigenvalue weighted by Gasteiger charge is 2.17. The van der Waals surface area contributed by atoms with E-state index in [4.69, 9.17) is 0 Å². The Balaban J connectivity index is 2.23. The smallest absolute Gasteiger partial charge is 0.151 e. The summed E-state index contributed by atoms with van der Waals surface area (Å²) >= 11 is 0. The molecule has 0 radical (unpaired) electrons. The van der Waals surface area contributed by atoms with Gasteiger partial charge in [-0.3, -0.25) is 10.2 Å². The molecular weight excluding hydrogens is 226 g/mol. The molecule has 1 heterocycles. The van der Waals surface area contributed by atoms with Crippen molar-refractivity contribution in [2.75, 3.05) is 7.05 Å². The maximum Gasteiger partial charge on any atom is 0.151 e. The highest BCUT2D eigenvalue weighted by atomic mass is 16.1. The van der Waals surface area contributed by atoms with Gasteiger partial charge in [-0.2, -0.15) is 0 Å². The van der Waals surface area contributed by atoms with Gasteiger partial charge in [-0.1, -0.05) is 25.1 Å². The van der Waals surface area contributed by atoms with E-state index < -0.39 is 0 Å². The lowest BCUT2D eigenvalue weighted by atomic mass is 10.0. The Bertz CT molecular complexity index is 533. The number of nitrogens with one attached hydrogen (secondary N) is 3. The number of para-hydroxylation sites is 1. The van der Waals surface area contributed by atoms with Gasteiger partial charge in [0.1, 0.15) is 0 Å². The van der Waals surface area contributed by atoms with Gasteiger partial charge in [0.05, 0.1) is 6.04 Å². The zero-order valence-corrected chi connectivity index (χ0v) is 10.8. The molecule has 0 saturated heterocycles. The van der Waals surface area contributed by atoms with Crippen molar-refractivity contribution in [1.82, 2.24) is 15.8 Å². The Morgan fingerprint density at radius 2 is 2.17 bits per heavy atom. The second-order valence-electron chi connectivity index (χ2n) is 4.33. The summed E-state index contributed by atoms with van der Waals surface area (Å²) in [5.74, 6) is 0.217. The minimum absolute atomic E-state index is 0.181. The van der Waals surface area contributed by atoms with Crippen molar-refractivity contribution < 1.29 is 4.79 Å². The van der Waals surface area contributed by atoms with Crippen LogP contribution in [0.15, 0.2) is 30.5 Å². The summed E-state index contributed by atoms with van der Waals surface area (Å²) in [5.41, 5.74) is 8.16. The van der Waals surface area contributed by atoms with Crippen LogP contribution in [0.5, 0.6) is 0 Å². The van der Waals surface area contributed by atoms with Gasteiger partial charge in [0.15, 0.2) is 5.78 Å². The van der Waals surface area contributed by atoms with Crippen molar-refractivity contribution >= 4 is 16.7 Å². The van der Waals surface area contributed by atoms with Crippen LogP contribution in [0.2, 0.25) is 0 Å². The Hall–Kier alpha value is -1.65.